The van der Waals surface area contributed by atoms with E-state index in [2.05, 4.69) is 4.98 Å². The van der Waals surface area contributed by atoms with Crippen molar-refractivity contribution in [3.63, 3.8) is 0 Å². The molecule has 1 aromatic carbocycles. The average Bonchev–Trinajstić information content (AvgIpc) is 2.95. The van der Waals surface area contributed by atoms with Crippen molar-refractivity contribution in [2.24, 2.45) is 5.73 Å². The van der Waals surface area contributed by atoms with Crippen LogP contribution in [0.4, 0.5) is 0 Å². The molecular weight excluding hydrogens is 214 g/mol. The monoisotopic (exact) mass is 229 g/mol. The number of fused-ring (bicyclic) bond motifs is 1. The van der Waals surface area contributed by atoms with Crippen LogP contribution in [-0.4, -0.2) is 34.9 Å². The lowest BCUT2D eigenvalue weighted by Crippen LogP contribution is -2.32. The van der Waals surface area contributed by atoms with Crippen LogP contribution >= 0.6 is 0 Å². The Hall–Kier alpha value is -1.81. The second kappa shape index (κ2) is 3.89. The number of aromatic nitrogens is 1. The zero-order valence-electron chi connectivity index (χ0n) is 9.52. The number of carbonyl (C=O) groups excluding carboxylic acids is 1. The molecule has 1 saturated heterocycles. The lowest BCUT2D eigenvalue weighted by molar-refractivity contribution is 0.0792. The number of nitrogens with one attached hydrogen (secondary N) is 1. The van der Waals surface area contributed by atoms with Gasteiger partial charge in [-0.15, -0.1) is 0 Å². The summed E-state index contributed by atoms with van der Waals surface area (Å²) in [5, 5.41) is 1.07. The Morgan fingerprint density at radius 1 is 1.41 bits per heavy atom. The number of nitrogens with zero attached hydrogens (tertiary/aromatic N) is 1. The number of benzene rings is 1. The predicted octanol–water partition coefficient (Wildman–Crippen LogP) is 1.34. The minimum atomic E-state index is 0.0750. The molecule has 4 nitrogen and oxygen atoms in total. The second-order valence-corrected chi connectivity index (χ2v) is 4.55. The van der Waals surface area contributed by atoms with Crippen LogP contribution in [0, 0.1) is 0 Å². The zero-order valence-corrected chi connectivity index (χ0v) is 9.52. The van der Waals surface area contributed by atoms with Crippen molar-refractivity contribution in [1.82, 2.24) is 9.88 Å². The van der Waals surface area contributed by atoms with Crippen molar-refractivity contribution in [3.05, 3.63) is 36.0 Å². The lowest BCUT2D eigenvalue weighted by atomic mass is 10.1. The number of para-hydroxylation sites is 1. The van der Waals surface area contributed by atoms with Crippen LogP contribution in [0.15, 0.2) is 30.5 Å². The Morgan fingerprint density at radius 3 is 3.06 bits per heavy atom. The van der Waals surface area contributed by atoms with Gasteiger partial charge in [0.05, 0.1) is 11.1 Å². The summed E-state index contributed by atoms with van der Waals surface area (Å²) in [6, 6.07) is 7.88. The van der Waals surface area contributed by atoms with Gasteiger partial charge in [-0.1, -0.05) is 12.1 Å². The molecule has 2 aromatic rings. The first-order chi connectivity index (χ1) is 8.25. The van der Waals surface area contributed by atoms with E-state index in [9.17, 15) is 4.79 Å². The average molecular weight is 229 g/mol. The molecule has 88 valence electrons. The van der Waals surface area contributed by atoms with E-state index in [0.717, 1.165) is 29.4 Å². The van der Waals surface area contributed by atoms with Gasteiger partial charge in [-0.05, 0) is 18.6 Å². The smallest absolute Gasteiger partial charge is 0.256 e. The summed E-state index contributed by atoms with van der Waals surface area (Å²) in [6.45, 7) is 1.42. The Morgan fingerprint density at radius 2 is 2.29 bits per heavy atom. The fourth-order valence-electron chi connectivity index (χ4n) is 2.41. The third-order valence-corrected chi connectivity index (χ3v) is 3.33. The van der Waals surface area contributed by atoms with E-state index >= 15 is 0 Å². The number of hydrogen-bond acceptors (Lipinski definition) is 2. The Labute approximate surface area is 99.4 Å². The molecule has 0 spiro atoms. The van der Waals surface area contributed by atoms with Crippen LogP contribution in [0.25, 0.3) is 10.9 Å². The summed E-state index contributed by atoms with van der Waals surface area (Å²) < 4.78 is 0. The molecule has 1 fully saturated rings. The van der Waals surface area contributed by atoms with Gasteiger partial charge in [-0.3, -0.25) is 4.79 Å². The van der Waals surface area contributed by atoms with E-state index in [1.165, 1.54) is 0 Å². The maximum Gasteiger partial charge on any atom is 0.256 e. The molecule has 0 aliphatic carbocycles. The summed E-state index contributed by atoms with van der Waals surface area (Å²) in [7, 11) is 0. The molecule has 3 N–H and O–H groups in total. The number of amides is 1. The van der Waals surface area contributed by atoms with Crippen LogP contribution in [0.5, 0.6) is 0 Å². The van der Waals surface area contributed by atoms with Gasteiger partial charge < -0.3 is 15.6 Å². The molecular formula is C13H15N3O. The standard InChI is InChI=1S/C13H15N3O/c14-10-5-7-16(8-10)13(17)11-3-1-2-9-4-6-15-12(9)11/h1-4,6,10,15H,5,7-8,14H2/t10-/m0/s1. The van der Waals surface area contributed by atoms with Crippen LogP contribution in [0.2, 0.25) is 0 Å². The maximum absolute atomic E-state index is 12.4. The Kier molecular flexibility index (Phi) is 2.37. The highest BCUT2D eigenvalue weighted by molar-refractivity contribution is 6.05. The molecule has 0 bridgehead atoms. The third-order valence-electron chi connectivity index (χ3n) is 3.33. The second-order valence-electron chi connectivity index (χ2n) is 4.55. The topological polar surface area (TPSA) is 62.1 Å². The van der Waals surface area contributed by atoms with Gasteiger partial charge in [-0.2, -0.15) is 0 Å². The lowest BCUT2D eigenvalue weighted by Gasteiger charge is -2.16. The van der Waals surface area contributed by atoms with Gasteiger partial charge >= 0.3 is 0 Å². The minimum Gasteiger partial charge on any atom is -0.361 e. The summed E-state index contributed by atoms with van der Waals surface area (Å²) in [5.74, 6) is 0.0750. The normalized spacial score (nSPS) is 20.1. The van der Waals surface area contributed by atoms with Gasteiger partial charge in [0.15, 0.2) is 0 Å². The van der Waals surface area contributed by atoms with E-state index < -0.39 is 0 Å². The van der Waals surface area contributed by atoms with Crippen molar-refractivity contribution < 1.29 is 4.79 Å². The molecule has 2 heterocycles. The van der Waals surface area contributed by atoms with Gasteiger partial charge in [0, 0.05) is 30.7 Å². The molecule has 1 aromatic heterocycles. The number of rotatable bonds is 1. The van der Waals surface area contributed by atoms with Gasteiger partial charge in [0.2, 0.25) is 0 Å². The zero-order chi connectivity index (χ0) is 11.8. The molecule has 0 radical (unpaired) electrons. The molecule has 3 rings (SSSR count). The third kappa shape index (κ3) is 1.70. The number of aromatic amines is 1. The summed E-state index contributed by atoms with van der Waals surface area (Å²) in [4.78, 5) is 17.3. The van der Waals surface area contributed by atoms with Crippen LogP contribution in [0.3, 0.4) is 0 Å². The van der Waals surface area contributed by atoms with Crippen LogP contribution in [-0.2, 0) is 0 Å². The van der Waals surface area contributed by atoms with Crippen molar-refractivity contribution in [3.8, 4) is 0 Å². The molecule has 0 unspecified atom stereocenters. The number of H-pyrrole nitrogens is 1. The first-order valence-electron chi connectivity index (χ1n) is 5.86. The van der Waals surface area contributed by atoms with Crippen molar-refractivity contribution in [2.45, 2.75) is 12.5 Å². The van der Waals surface area contributed by atoms with Gasteiger partial charge in [0.25, 0.3) is 5.91 Å². The van der Waals surface area contributed by atoms with E-state index in [0.29, 0.717) is 6.54 Å². The first kappa shape index (κ1) is 10.4. The predicted molar refractivity (Wildman–Crippen MR) is 66.8 cm³/mol. The fraction of sp³-hybridized carbons (Fsp3) is 0.308. The molecule has 1 atom stereocenters. The molecule has 1 amide bonds. The number of nitrogens with two attached hydrogens (primary N) is 1. The quantitative estimate of drug-likeness (QED) is 0.775. The largest absolute Gasteiger partial charge is 0.361 e. The van der Waals surface area contributed by atoms with E-state index in [1.54, 1.807) is 0 Å². The highest BCUT2D eigenvalue weighted by Crippen LogP contribution is 2.20. The molecule has 17 heavy (non-hydrogen) atoms. The Balaban J connectivity index is 1.98. The highest BCUT2D eigenvalue weighted by atomic mass is 16.2. The van der Waals surface area contributed by atoms with E-state index in [1.807, 2.05) is 35.4 Å². The molecule has 1 aliphatic rings. The summed E-state index contributed by atoms with van der Waals surface area (Å²) >= 11 is 0. The minimum absolute atomic E-state index is 0.0750. The summed E-state index contributed by atoms with van der Waals surface area (Å²) in [5.41, 5.74) is 7.48. The van der Waals surface area contributed by atoms with Gasteiger partial charge in [-0.25, -0.2) is 0 Å². The van der Waals surface area contributed by atoms with Crippen LogP contribution in [0.1, 0.15) is 16.8 Å². The fourth-order valence-corrected chi connectivity index (χ4v) is 2.41. The Bertz CT molecular complexity index is 561. The van der Waals surface area contributed by atoms with E-state index in [-0.39, 0.29) is 11.9 Å². The number of carbonyl (C=O) groups is 1. The van der Waals surface area contributed by atoms with Crippen LogP contribution < -0.4 is 5.73 Å². The molecule has 4 heteroatoms. The van der Waals surface area contributed by atoms with Crippen molar-refractivity contribution in [2.75, 3.05) is 13.1 Å². The van der Waals surface area contributed by atoms with Gasteiger partial charge in [0.1, 0.15) is 0 Å². The van der Waals surface area contributed by atoms with E-state index in [4.69, 9.17) is 5.73 Å². The molecule has 0 saturated carbocycles. The SMILES string of the molecule is N[C@H]1CCN(C(=O)c2cccc3cc[nH]c23)C1. The van der Waals surface area contributed by atoms with Crippen molar-refractivity contribution >= 4 is 16.8 Å². The maximum atomic E-state index is 12.4. The first-order valence-corrected chi connectivity index (χ1v) is 5.86. The molecule has 1 aliphatic heterocycles. The summed E-state index contributed by atoms with van der Waals surface area (Å²) in [6.07, 6.45) is 2.75. The number of hydrogen-bond donors (Lipinski definition) is 2. The highest BCUT2D eigenvalue weighted by Gasteiger charge is 2.25. The number of likely N-dealkylation sites (tertiary alicyclic amines) is 1. The van der Waals surface area contributed by atoms with Crippen molar-refractivity contribution in [1.29, 1.82) is 0 Å².